The van der Waals surface area contributed by atoms with Crippen molar-refractivity contribution < 1.29 is 8.83 Å². The third-order valence-electron chi connectivity index (χ3n) is 12.5. The van der Waals surface area contributed by atoms with Crippen molar-refractivity contribution in [2.75, 3.05) is 9.80 Å². The minimum Gasteiger partial charge on any atom is -0.454 e. The van der Waals surface area contributed by atoms with E-state index in [1.807, 2.05) is 12.1 Å². The Hall–Kier alpha value is -7.56. The van der Waals surface area contributed by atoms with Crippen LogP contribution >= 0.6 is 0 Å². The average Bonchev–Trinajstić information content (AvgIpc) is 3.85. The highest BCUT2D eigenvalue weighted by Gasteiger charge is 2.26. The molecule has 0 spiro atoms. The zero-order valence-corrected chi connectivity index (χ0v) is 33.9. The van der Waals surface area contributed by atoms with E-state index in [0.717, 1.165) is 78.0 Å². The lowest BCUT2D eigenvalue weighted by molar-refractivity contribution is 0.668. The third kappa shape index (κ3) is 5.04. The average molecular weight is 773 g/mol. The van der Waals surface area contributed by atoms with Gasteiger partial charge in [0.25, 0.3) is 0 Å². The summed E-state index contributed by atoms with van der Waals surface area (Å²) in [5, 5.41) is 11.7. The first-order valence-electron chi connectivity index (χ1n) is 20.7. The van der Waals surface area contributed by atoms with Gasteiger partial charge in [-0.1, -0.05) is 132 Å². The van der Waals surface area contributed by atoms with Gasteiger partial charge >= 0.3 is 0 Å². The van der Waals surface area contributed by atoms with Crippen LogP contribution in [0.2, 0.25) is 0 Å². The highest BCUT2D eigenvalue weighted by atomic mass is 16.3. The smallest absolute Gasteiger partial charge is 0.159 e. The van der Waals surface area contributed by atoms with Crippen LogP contribution in [0.1, 0.15) is 22.3 Å². The van der Waals surface area contributed by atoms with Crippen molar-refractivity contribution in [2.45, 2.75) is 27.7 Å². The maximum absolute atomic E-state index is 6.73. The number of fused-ring (bicyclic) bond motifs is 6. The standard InChI is InChI=1S/C56H40N2O2/c1-33-19-27-45(35(3)31-33)57(49-15-9-13-41-39-11-5-7-17-51(39)59-55(41)49)47-29-23-37-22-26-44-48(30-24-38-21-25-43(47)53(37)54(38)44)58(46-28-20-34(2)32-36(46)4)50-16-10-14-42-40-12-6-8-18-52(40)60-56(42)50/h5-32H,1-4H3. The molecule has 0 saturated carbocycles. The lowest BCUT2D eigenvalue weighted by atomic mass is 9.91. The van der Waals surface area contributed by atoms with Gasteiger partial charge in [0.2, 0.25) is 0 Å². The minimum atomic E-state index is 0.871. The molecule has 0 amide bonds. The van der Waals surface area contributed by atoms with Crippen molar-refractivity contribution in [3.8, 4) is 0 Å². The zero-order chi connectivity index (χ0) is 40.2. The largest absolute Gasteiger partial charge is 0.454 e. The Bertz CT molecular complexity index is 3440. The maximum atomic E-state index is 6.73. The predicted octanol–water partition coefficient (Wildman–Crippen LogP) is 16.6. The summed E-state index contributed by atoms with van der Waals surface area (Å²) in [4.78, 5) is 4.83. The molecule has 0 saturated heterocycles. The quantitative estimate of drug-likeness (QED) is 0.158. The van der Waals surface area contributed by atoms with Gasteiger partial charge in [-0.05, 0) is 109 Å². The molecule has 0 atom stereocenters. The van der Waals surface area contributed by atoms with E-state index in [4.69, 9.17) is 8.83 Å². The molecule has 12 rings (SSSR count). The Morgan fingerprint density at radius 2 is 0.717 bits per heavy atom. The normalized spacial score (nSPS) is 12.0. The van der Waals surface area contributed by atoms with Crippen LogP contribution < -0.4 is 9.80 Å². The van der Waals surface area contributed by atoms with E-state index in [1.54, 1.807) is 0 Å². The van der Waals surface area contributed by atoms with E-state index in [0.29, 0.717) is 0 Å². The molecule has 0 radical (unpaired) electrons. The molecule has 0 bridgehead atoms. The van der Waals surface area contributed by atoms with Gasteiger partial charge in [-0.25, -0.2) is 0 Å². The fourth-order valence-electron chi connectivity index (χ4n) is 9.87. The molecular formula is C56H40N2O2. The van der Waals surface area contributed by atoms with Crippen molar-refractivity contribution in [3.05, 3.63) is 192 Å². The van der Waals surface area contributed by atoms with Gasteiger partial charge in [-0.3, -0.25) is 0 Å². The number of hydrogen-bond donors (Lipinski definition) is 0. The molecule has 0 aliphatic heterocycles. The van der Waals surface area contributed by atoms with Crippen molar-refractivity contribution in [1.29, 1.82) is 0 Å². The fraction of sp³-hybridized carbons (Fsp3) is 0.0714. The van der Waals surface area contributed by atoms with Crippen LogP contribution in [-0.2, 0) is 0 Å². The number of nitrogens with zero attached hydrogens (tertiary/aromatic N) is 2. The van der Waals surface area contributed by atoms with Crippen LogP contribution in [0.3, 0.4) is 0 Å². The number of aryl methyl sites for hydroxylation is 4. The summed E-state index contributed by atoms with van der Waals surface area (Å²) in [6, 6.07) is 61.5. The highest BCUT2D eigenvalue weighted by molar-refractivity contribution is 6.29. The van der Waals surface area contributed by atoms with Crippen LogP contribution in [0.25, 0.3) is 76.2 Å². The summed E-state index contributed by atoms with van der Waals surface area (Å²) in [5.74, 6) is 0. The van der Waals surface area contributed by atoms with E-state index < -0.39 is 0 Å². The molecule has 0 fully saturated rings. The summed E-state index contributed by atoms with van der Waals surface area (Å²) in [5.41, 5.74) is 14.8. The summed E-state index contributed by atoms with van der Waals surface area (Å²) >= 11 is 0. The molecule has 0 aliphatic rings. The number of anilines is 6. The minimum absolute atomic E-state index is 0.871. The fourth-order valence-corrected chi connectivity index (χ4v) is 9.87. The number of para-hydroxylation sites is 4. The Balaban J connectivity index is 1.15. The van der Waals surface area contributed by atoms with Gasteiger partial charge in [0, 0.05) is 43.7 Å². The number of rotatable bonds is 6. The van der Waals surface area contributed by atoms with E-state index in [-0.39, 0.29) is 0 Å². The van der Waals surface area contributed by atoms with E-state index in [9.17, 15) is 0 Å². The van der Waals surface area contributed by atoms with E-state index >= 15 is 0 Å². The van der Waals surface area contributed by atoms with Crippen molar-refractivity contribution in [2.24, 2.45) is 0 Å². The first kappa shape index (κ1) is 34.5. The monoisotopic (exact) mass is 772 g/mol. The number of hydrogen-bond acceptors (Lipinski definition) is 4. The van der Waals surface area contributed by atoms with Crippen molar-refractivity contribution in [3.63, 3.8) is 0 Å². The predicted molar refractivity (Wildman–Crippen MR) is 253 cm³/mol. The summed E-state index contributed by atoms with van der Waals surface area (Å²) < 4.78 is 13.5. The first-order valence-corrected chi connectivity index (χ1v) is 20.7. The first-order chi connectivity index (χ1) is 29.4. The van der Waals surface area contributed by atoms with Gasteiger partial charge in [0.05, 0.1) is 22.7 Å². The maximum Gasteiger partial charge on any atom is 0.159 e. The van der Waals surface area contributed by atoms with Crippen LogP contribution in [0.15, 0.2) is 179 Å². The van der Waals surface area contributed by atoms with Crippen LogP contribution in [-0.4, -0.2) is 0 Å². The van der Waals surface area contributed by atoms with Gasteiger partial charge in [0.1, 0.15) is 11.2 Å². The second kappa shape index (κ2) is 13.0. The summed E-state index contributed by atoms with van der Waals surface area (Å²) in [6.07, 6.45) is 0. The second-order valence-corrected chi connectivity index (χ2v) is 16.3. The lowest BCUT2D eigenvalue weighted by Gasteiger charge is -2.30. The van der Waals surface area contributed by atoms with Gasteiger partial charge < -0.3 is 18.6 Å². The van der Waals surface area contributed by atoms with Crippen molar-refractivity contribution >= 4 is 110 Å². The highest BCUT2D eigenvalue weighted by Crippen LogP contribution is 2.51. The summed E-state index contributed by atoms with van der Waals surface area (Å²) in [7, 11) is 0. The zero-order valence-electron chi connectivity index (χ0n) is 33.9. The van der Waals surface area contributed by atoms with Gasteiger partial charge in [-0.15, -0.1) is 0 Å². The molecule has 286 valence electrons. The van der Waals surface area contributed by atoms with Crippen LogP contribution in [0.5, 0.6) is 0 Å². The van der Waals surface area contributed by atoms with Gasteiger partial charge in [-0.2, -0.15) is 0 Å². The molecular weight excluding hydrogens is 733 g/mol. The molecule has 12 aromatic rings. The van der Waals surface area contributed by atoms with Crippen LogP contribution in [0.4, 0.5) is 34.1 Å². The Morgan fingerprint density at radius 3 is 1.17 bits per heavy atom. The van der Waals surface area contributed by atoms with Gasteiger partial charge in [0.15, 0.2) is 11.2 Å². The summed E-state index contributed by atoms with van der Waals surface area (Å²) in [6.45, 7) is 8.73. The molecule has 60 heavy (non-hydrogen) atoms. The molecule has 4 heteroatoms. The van der Waals surface area contributed by atoms with E-state index in [1.165, 1.54) is 54.6 Å². The lowest BCUT2D eigenvalue weighted by Crippen LogP contribution is -2.13. The second-order valence-electron chi connectivity index (χ2n) is 16.3. The topological polar surface area (TPSA) is 32.8 Å². The van der Waals surface area contributed by atoms with E-state index in [2.05, 4.69) is 195 Å². The molecule has 0 unspecified atom stereocenters. The molecule has 2 heterocycles. The molecule has 4 nitrogen and oxygen atoms in total. The van der Waals surface area contributed by atoms with Crippen LogP contribution in [0, 0.1) is 27.7 Å². The Morgan fingerprint density at radius 1 is 0.317 bits per heavy atom. The number of furan rings is 2. The molecule has 0 N–H and O–H groups in total. The molecule has 0 aliphatic carbocycles. The Labute approximate surface area is 347 Å². The Kier molecular flexibility index (Phi) is 7.45. The van der Waals surface area contributed by atoms with Crippen molar-refractivity contribution in [1.82, 2.24) is 0 Å². The molecule has 10 aromatic carbocycles. The molecule has 2 aromatic heterocycles. The number of benzene rings is 10. The third-order valence-corrected chi connectivity index (χ3v) is 12.5. The SMILES string of the molecule is Cc1ccc(N(c2ccc3ccc4c(N(c5ccc(C)cc5C)c5cccc6c5oc5ccccc56)ccc5ccc2c3c54)c2cccc3c2oc2ccccc23)c(C)c1.